The van der Waals surface area contributed by atoms with Gasteiger partial charge in [0, 0.05) is 18.0 Å². The third-order valence-electron chi connectivity index (χ3n) is 3.47. The Morgan fingerprint density at radius 3 is 2.57 bits per heavy atom. The van der Waals surface area contributed by atoms with E-state index in [0.717, 1.165) is 24.2 Å². The van der Waals surface area contributed by atoms with Gasteiger partial charge in [0.15, 0.2) is 0 Å². The normalized spacial score (nSPS) is 12.1. The molecule has 2 aromatic rings. The van der Waals surface area contributed by atoms with Crippen molar-refractivity contribution in [3.05, 3.63) is 53.5 Å². The van der Waals surface area contributed by atoms with Crippen molar-refractivity contribution in [3.63, 3.8) is 0 Å². The van der Waals surface area contributed by atoms with Gasteiger partial charge in [-0.15, -0.1) is 0 Å². The van der Waals surface area contributed by atoms with Crippen LogP contribution in [0.1, 0.15) is 36.7 Å². The molecule has 0 aliphatic carbocycles. The molecule has 1 atom stereocenters. The first-order valence-electron chi connectivity index (χ1n) is 7.47. The Morgan fingerprint density at radius 2 is 1.90 bits per heavy atom. The molecule has 112 valence electrons. The van der Waals surface area contributed by atoms with E-state index in [9.17, 15) is 0 Å². The number of likely N-dealkylation sites (N-methyl/N-ethyl adjacent to an activating group) is 1. The fourth-order valence-corrected chi connectivity index (χ4v) is 2.39. The van der Waals surface area contributed by atoms with E-state index in [-0.39, 0.29) is 6.04 Å². The van der Waals surface area contributed by atoms with E-state index in [1.165, 1.54) is 5.56 Å². The van der Waals surface area contributed by atoms with Gasteiger partial charge in [0.05, 0.1) is 12.3 Å². The highest BCUT2D eigenvalue weighted by Crippen LogP contribution is 2.22. The van der Waals surface area contributed by atoms with Gasteiger partial charge < -0.3 is 10.1 Å². The lowest BCUT2D eigenvalue weighted by Gasteiger charge is -2.19. The number of hydrogen-bond acceptors (Lipinski definition) is 4. The first-order valence-corrected chi connectivity index (χ1v) is 7.47. The first kappa shape index (κ1) is 15.4. The molecule has 0 amide bonds. The summed E-state index contributed by atoms with van der Waals surface area (Å²) >= 11 is 0. The molecule has 0 aliphatic heterocycles. The van der Waals surface area contributed by atoms with E-state index in [2.05, 4.69) is 46.5 Å². The quantitative estimate of drug-likeness (QED) is 0.849. The number of hydrogen-bond donors (Lipinski definition) is 1. The molecule has 4 nitrogen and oxygen atoms in total. The number of aromatic nitrogens is 2. The zero-order chi connectivity index (χ0) is 15.1. The van der Waals surface area contributed by atoms with Gasteiger partial charge in [0.2, 0.25) is 5.88 Å². The maximum Gasteiger partial charge on any atom is 0.219 e. The van der Waals surface area contributed by atoms with E-state index >= 15 is 0 Å². The molecule has 0 radical (unpaired) electrons. The van der Waals surface area contributed by atoms with Crippen molar-refractivity contribution in [2.45, 2.75) is 33.2 Å². The maximum absolute atomic E-state index is 5.55. The van der Waals surface area contributed by atoms with Gasteiger partial charge in [-0.05, 0) is 26.0 Å². The van der Waals surface area contributed by atoms with Gasteiger partial charge in [-0.1, -0.05) is 37.3 Å². The van der Waals surface area contributed by atoms with Crippen molar-refractivity contribution in [3.8, 4) is 5.88 Å². The average Bonchev–Trinajstić information content (AvgIpc) is 2.52. The van der Waals surface area contributed by atoms with Crippen LogP contribution in [0.4, 0.5) is 0 Å². The molecule has 21 heavy (non-hydrogen) atoms. The highest BCUT2D eigenvalue weighted by molar-refractivity contribution is 5.30. The molecule has 0 spiro atoms. The molecule has 1 N–H and O–H groups in total. The van der Waals surface area contributed by atoms with Crippen LogP contribution in [0, 0.1) is 6.92 Å². The number of rotatable bonds is 7. The van der Waals surface area contributed by atoms with Crippen LogP contribution < -0.4 is 10.1 Å². The third-order valence-corrected chi connectivity index (χ3v) is 3.47. The van der Waals surface area contributed by atoms with E-state index in [1.807, 2.05) is 19.9 Å². The molecule has 1 unspecified atom stereocenters. The number of nitrogens with zero attached hydrogens (tertiary/aromatic N) is 2. The van der Waals surface area contributed by atoms with Crippen LogP contribution in [0.2, 0.25) is 0 Å². The van der Waals surface area contributed by atoms with Crippen LogP contribution in [0.3, 0.4) is 0 Å². The fourth-order valence-electron chi connectivity index (χ4n) is 2.39. The minimum atomic E-state index is 0.249. The van der Waals surface area contributed by atoms with Gasteiger partial charge in [0.25, 0.3) is 0 Å². The molecule has 4 heteroatoms. The lowest BCUT2D eigenvalue weighted by atomic mass is 10.00. The monoisotopic (exact) mass is 285 g/mol. The summed E-state index contributed by atoms with van der Waals surface area (Å²) in [7, 11) is 0. The lowest BCUT2D eigenvalue weighted by molar-refractivity contribution is 0.322. The molecular weight excluding hydrogens is 262 g/mol. The molecule has 1 heterocycles. The molecule has 0 fully saturated rings. The Labute approximate surface area is 126 Å². The van der Waals surface area contributed by atoms with E-state index in [1.54, 1.807) is 6.33 Å². The summed E-state index contributed by atoms with van der Waals surface area (Å²) in [5.74, 6) is 0.686. The summed E-state index contributed by atoms with van der Waals surface area (Å²) in [5, 5.41) is 3.52. The molecule has 1 aromatic carbocycles. The van der Waals surface area contributed by atoms with Crippen LogP contribution in [0.15, 0.2) is 36.7 Å². The molecule has 0 aliphatic rings. The molecular formula is C17H23N3O. The summed E-state index contributed by atoms with van der Waals surface area (Å²) < 4.78 is 5.55. The highest BCUT2D eigenvalue weighted by Gasteiger charge is 2.15. The van der Waals surface area contributed by atoms with E-state index < -0.39 is 0 Å². The van der Waals surface area contributed by atoms with Crippen molar-refractivity contribution in [1.82, 2.24) is 15.3 Å². The SMILES string of the molecule is CCNC(Cc1ncnc(OCC)c1C)c1ccccc1. The Morgan fingerprint density at radius 1 is 1.14 bits per heavy atom. The smallest absolute Gasteiger partial charge is 0.219 e. The van der Waals surface area contributed by atoms with Gasteiger partial charge in [0.1, 0.15) is 6.33 Å². The number of ether oxygens (including phenoxy) is 1. The van der Waals surface area contributed by atoms with Crippen LogP contribution in [0.5, 0.6) is 5.88 Å². The zero-order valence-electron chi connectivity index (χ0n) is 13.0. The second-order valence-corrected chi connectivity index (χ2v) is 4.91. The largest absolute Gasteiger partial charge is 0.478 e. The Hall–Kier alpha value is -1.94. The summed E-state index contributed by atoms with van der Waals surface area (Å²) in [5.41, 5.74) is 3.33. The predicted molar refractivity (Wildman–Crippen MR) is 84.5 cm³/mol. The standard InChI is InChI=1S/C17H23N3O/c1-4-18-16(14-9-7-6-8-10-14)11-15-13(3)17(21-5-2)20-12-19-15/h6-10,12,16,18H,4-5,11H2,1-3H3. The highest BCUT2D eigenvalue weighted by atomic mass is 16.5. The number of benzene rings is 1. The van der Waals surface area contributed by atoms with Crippen LogP contribution in [0.25, 0.3) is 0 Å². The molecule has 2 rings (SSSR count). The minimum Gasteiger partial charge on any atom is -0.478 e. The van der Waals surface area contributed by atoms with Crippen molar-refractivity contribution in [2.24, 2.45) is 0 Å². The van der Waals surface area contributed by atoms with Gasteiger partial charge >= 0.3 is 0 Å². The second kappa shape index (κ2) is 7.74. The Bertz CT molecular complexity index is 557. The van der Waals surface area contributed by atoms with Crippen LogP contribution >= 0.6 is 0 Å². The minimum absolute atomic E-state index is 0.249. The maximum atomic E-state index is 5.55. The second-order valence-electron chi connectivity index (χ2n) is 4.91. The van der Waals surface area contributed by atoms with E-state index in [4.69, 9.17) is 4.74 Å². The van der Waals surface area contributed by atoms with Gasteiger partial charge in [-0.3, -0.25) is 0 Å². The van der Waals surface area contributed by atoms with Crippen molar-refractivity contribution in [2.75, 3.05) is 13.2 Å². The van der Waals surface area contributed by atoms with Gasteiger partial charge in [-0.2, -0.15) is 0 Å². The summed E-state index contributed by atoms with van der Waals surface area (Å²) in [6, 6.07) is 10.7. The fraction of sp³-hybridized carbons (Fsp3) is 0.412. The Balaban J connectivity index is 2.23. The zero-order valence-corrected chi connectivity index (χ0v) is 13.0. The van der Waals surface area contributed by atoms with Crippen LogP contribution in [-0.4, -0.2) is 23.1 Å². The summed E-state index contributed by atoms with van der Waals surface area (Å²) in [6.45, 7) is 7.64. The van der Waals surface area contributed by atoms with Crippen LogP contribution in [-0.2, 0) is 6.42 Å². The molecule has 0 bridgehead atoms. The van der Waals surface area contributed by atoms with Crippen molar-refractivity contribution >= 4 is 0 Å². The molecule has 0 saturated heterocycles. The topological polar surface area (TPSA) is 47.0 Å². The van der Waals surface area contributed by atoms with Gasteiger partial charge in [-0.25, -0.2) is 9.97 Å². The van der Waals surface area contributed by atoms with Crippen molar-refractivity contribution in [1.29, 1.82) is 0 Å². The number of nitrogens with one attached hydrogen (secondary N) is 1. The first-order chi connectivity index (χ1) is 10.3. The van der Waals surface area contributed by atoms with E-state index in [0.29, 0.717) is 12.5 Å². The average molecular weight is 285 g/mol. The lowest BCUT2D eigenvalue weighted by Crippen LogP contribution is -2.23. The molecule has 0 saturated carbocycles. The third kappa shape index (κ3) is 4.02. The Kier molecular flexibility index (Phi) is 5.69. The summed E-state index contributed by atoms with van der Waals surface area (Å²) in [6.07, 6.45) is 2.41. The molecule has 1 aromatic heterocycles. The summed E-state index contributed by atoms with van der Waals surface area (Å²) in [4.78, 5) is 8.64. The predicted octanol–water partition coefficient (Wildman–Crippen LogP) is 3.08. The van der Waals surface area contributed by atoms with Crippen molar-refractivity contribution < 1.29 is 4.74 Å².